The number of carbonyl (C=O) groups excluding carboxylic acids is 1. The number of rotatable bonds is 6. The predicted octanol–water partition coefficient (Wildman–Crippen LogP) is 4.74. The summed E-state index contributed by atoms with van der Waals surface area (Å²) in [5, 5.41) is 16.4. The first-order valence-electron chi connectivity index (χ1n) is 9.38. The molecule has 0 unspecified atom stereocenters. The number of ether oxygens (including phenoxy) is 1. The Morgan fingerprint density at radius 3 is 2.71 bits per heavy atom. The largest absolute Gasteiger partial charge is 0.497 e. The zero-order valence-corrected chi connectivity index (χ0v) is 16.4. The number of aryl methyl sites for hydroxylation is 1. The maximum absolute atomic E-state index is 12.0. The van der Waals surface area contributed by atoms with E-state index in [4.69, 9.17) is 4.74 Å². The van der Waals surface area contributed by atoms with Gasteiger partial charge >= 0.3 is 6.03 Å². The molecule has 0 aliphatic heterocycles. The van der Waals surface area contributed by atoms with E-state index in [2.05, 4.69) is 21.3 Å². The highest BCUT2D eigenvalue weighted by Gasteiger charge is 2.19. The molecule has 0 saturated heterocycles. The molecule has 3 aromatic rings. The number of anilines is 1. The highest BCUT2D eigenvalue weighted by Crippen LogP contribution is 2.36. The van der Waals surface area contributed by atoms with Crippen LogP contribution in [-0.4, -0.2) is 24.3 Å². The SMILES string of the molecule is CCCNC(=O)Nc1cccc(-c2c(C#N)c3ccc(OC)cc3n2CC)c1. The summed E-state index contributed by atoms with van der Waals surface area (Å²) < 4.78 is 7.46. The summed E-state index contributed by atoms with van der Waals surface area (Å²) in [5.41, 5.74) is 3.97. The molecule has 0 aliphatic rings. The average molecular weight is 376 g/mol. The van der Waals surface area contributed by atoms with Crippen LogP contribution in [0.5, 0.6) is 5.75 Å². The number of fused-ring (bicyclic) bond motifs is 1. The van der Waals surface area contributed by atoms with Crippen molar-refractivity contribution in [3.63, 3.8) is 0 Å². The molecule has 0 saturated carbocycles. The number of hydrogen-bond acceptors (Lipinski definition) is 3. The van der Waals surface area contributed by atoms with Gasteiger partial charge in [-0.05, 0) is 37.6 Å². The maximum Gasteiger partial charge on any atom is 0.319 e. The number of methoxy groups -OCH3 is 1. The van der Waals surface area contributed by atoms with Crippen molar-refractivity contribution in [1.82, 2.24) is 9.88 Å². The Kier molecular flexibility index (Phi) is 5.85. The van der Waals surface area contributed by atoms with Gasteiger partial charge in [-0.25, -0.2) is 4.79 Å². The third-order valence-electron chi connectivity index (χ3n) is 4.63. The van der Waals surface area contributed by atoms with Crippen LogP contribution in [0.4, 0.5) is 10.5 Å². The first-order valence-corrected chi connectivity index (χ1v) is 9.38. The third kappa shape index (κ3) is 3.65. The summed E-state index contributed by atoms with van der Waals surface area (Å²) in [5.74, 6) is 0.749. The number of urea groups is 1. The smallest absolute Gasteiger partial charge is 0.319 e. The van der Waals surface area contributed by atoms with E-state index in [0.29, 0.717) is 24.3 Å². The van der Waals surface area contributed by atoms with Gasteiger partial charge in [0.05, 0.1) is 23.9 Å². The second kappa shape index (κ2) is 8.49. The number of nitrogens with one attached hydrogen (secondary N) is 2. The molecule has 144 valence electrons. The van der Waals surface area contributed by atoms with Crippen LogP contribution in [0.25, 0.3) is 22.2 Å². The fourth-order valence-corrected chi connectivity index (χ4v) is 3.36. The first kappa shape index (κ1) is 19.3. The molecule has 0 atom stereocenters. The van der Waals surface area contributed by atoms with E-state index in [0.717, 1.165) is 34.3 Å². The number of nitrogens with zero attached hydrogens (tertiary/aromatic N) is 2. The number of aromatic nitrogens is 1. The lowest BCUT2D eigenvalue weighted by molar-refractivity contribution is 0.252. The summed E-state index contributed by atoms with van der Waals surface area (Å²) in [6, 6.07) is 15.4. The first-order chi connectivity index (χ1) is 13.6. The van der Waals surface area contributed by atoms with Crippen LogP contribution in [0.15, 0.2) is 42.5 Å². The van der Waals surface area contributed by atoms with E-state index in [1.54, 1.807) is 7.11 Å². The van der Waals surface area contributed by atoms with Crippen molar-refractivity contribution < 1.29 is 9.53 Å². The van der Waals surface area contributed by atoms with Crippen LogP contribution in [0.3, 0.4) is 0 Å². The van der Waals surface area contributed by atoms with Gasteiger partial charge < -0.3 is 19.9 Å². The van der Waals surface area contributed by atoms with Crippen molar-refractivity contribution in [1.29, 1.82) is 5.26 Å². The van der Waals surface area contributed by atoms with Gasteiger partial charge in [0.2, 0.25) is 0 Å². The number of carbonyl (C=O) groups is 1. The van der Waals surface area contributed by atoms with Crippen molar-refractivity contribution >= 4 is 22.6 Å². The molecule has 6 heteroatoms. The predicted molar refractivity (Wildman–Crippen MR) is 112 cm³/mol. The third-order valence-corrected chi connectivity index (χ3v) is 4.63. The molecule has 2 aromatic carbocycles. The summed E-state index contributed by atoms with van der Waals surface area (Å²) in [7, 11) is 1.63. The molecule has 6 nitrogen and oxygen atoms in total. The van der Waals surface area contributed by atoms with E-state index < -0.39 is 0 Å². The number of nitriles is 1. The fourth-order valence-electron chi connectivity index (χ4n) is 3.36. The van der Waals surface area contributed by atoms with Gasteiger partial charge in [0.1, 0.15) is 11.8 Å². The number of benzene rings is 2. The Balaban J connectivity index is 2.09. The Morgan fingerprint density at radius 1 is 1.21 bits per heavy atom. The quantitative estimate of drug-likeness (QED) is 0.652. The van der Waals surface area contributed by atoms with Gasteiger partial charge in [-0.15, -0.1) is 0 Å². The molecule has 1 aromatic heterocycles. The number of amides is 2. The van der Waals surface area contributed by atoms with Crippen LogP contribution < -0.4 is 15.4 Å². The second-order valence-electron chi connectivity index (χ2n) is 6.42. The minimum Gasteiger partial charge on any atom is -0.497 e. The summed E-state index contributed by atoms with van der Waals surface area (Å²) >= 11 is 0. The van der Waals surface area contributed by atoms with Crippen molar-refractivity contribution in [2.45, 2.75) is 26.8 Å². The molecular formula is C22H24N4O2. The zero-order valence-electron chi connectivity index (χ0n) is 16.4. The van der Waals surface area contributed by atoms with Crippen LogP contribution in [0.1, 0.15) is 25.8 Å². The Labute approximate surface area is 164 Å². The second-order valence-corrected chi connectivity index (χ2v) is 6.42. The molecule has 0 bridgehead atoms. The van der Waals surface area contributed by atoms with E-state index in [-0.39, 0.29) is 6.03 Å². The van der Waals surface area contributed by atoms with E-state index in [1.165, 1.54) is 0 Å². The minimum atomic E-state index is -0.236. The lowest BCUT2D eigenvalue weighted by Gasteiger charge is -2.11. The lowest BCUT2D eigenvalue weighted by Crippen LogP contribution is -2.29. The summed E-state index contributed by atoms with van der Waals surface area (Å²) in [6.07, 6.45) is 0.874. The van der Waals surface area contributed by atoms with Gasteiger partial charge in [-0.3, -0.25) is 0 Å². The van der Waals surface area contributed by atoms with Gasteiger partial charge in [-0.2, -0.15) is 5.26 Å². The Bertz CT molecular complexity index is 1050. The average Bonchev–Trinajstić information content (AvgIpc) is 3.04. The van der Waals surface area contributed by atoms with Crippen LogP contribution >= 0.6 is 0 Å². The number of hydrogen-bond donors (Lipinski definition) is 2. The highest BCUT2D eigenvalue weighted by atomic mass is 16.5. The molecule has 2 N–H and O–H groups in total. The Morgan fingerprint density at radius 2 is 2.04 bits per heavy atom. The molecule has 3 rings (SSSR count). The molecule has 0 fully saturated rings. The van der Waals surface area contributed by atoms with E-state index in [1.807, 2.05) is 56.3 Å². The van der Waals surface area contributed by atoms with Crippen molar-refractivity contribution in [2.75, 3.05) is 19.0 Å². The maximum atomic E-state index is 12.0. The van der Waals surface area contributed by atoms with Crippen molar-refractivity contribution in [3.05, 3.63) is 48.0 Å². The molecule has 0 aliphatic carbocycles. The van der Waals surface area contributed by atoms with Crippen LogP contribution in [0.2, 0.25) is 0 Å². The van der Waals surface area contributed by atoms with Crippen LogP contribution in [-0.2, 0) is 6.54 Å². The molecule has 2 amide bonds. The molecule has 0 spiro atoms. The van der Waals surface area contributed by atoms with Gasteiger partial charge in [0.25, 0.3) is 0 Å². The van der Waals surface area contributed by atoms with Crippen molar-refractivity contribution in [2.24, 2.45) is 0 Å². The summed E-state index contributed by atoms with van der Waals surface area (Å²) in [6.45, 7) is 5.37. The van der Waals surface area contributed by atoms with E-state index >= 15 is 0 Å². The fraction of sp³-hybridized carbons (Fsp3) is 0.273. The zero-order chi connectivity index (χ0) is 20.1. The minimum absolute atomic E-state index is 0.236. The molecule has 0 radical (unpaired) electrons. The lowest BCUT2D eigenvalue weighted by atomic mass is 10.1. The monoisotopic (exact) mass is 376 g/mol. The van der Waals surface area contributed by atoms with Gasteiger partial charge in [0, 0.05) is 35.8 Å². The topological polar surface area (TPSA) is 79.1 Å². The normalized spacial score (nSPS) is 10.5. The van der Waals surface area contributed by atoms with Gasteiger partial charge in [-0.1, -0.05) is 19.1 Å². The molecule has 28 heavy (non-hydrogen) atoms. The Hall–Kier alpha value is -3.46. The van der Waals surface area contributed by atoms with Crippen LogP contribution in [0, 0.1) is 11.3 Å². The summed E-state index contributed by atoms with van der Waals surface area (Å²) in [4.78, 5) is 12.0. The molecular weight excluding hydrogens is 352 g/mol. The van der Waals surface area contributed by atoms with E-state index in [9.17, 15) is 10.1 Å². The van der Waals surface area contributed by atoms with Crippen molar-refractivity contribution in [3.8, 4) is 23.1 Å². The molecule has 1 heterocycles. The standard InChI is InChI=1S/C22H24N4O2/c1-4-11-24-22(27)25-16-8-6-7-15(12-16)21-19(14-23)18-10-9-17(28-3)13-20(18)26(21)5-2/h6-10,12-13H,4-5,11H2,1-3H3,(H2,24,25,27). The van der Waals surface area contributed by atoms with Gasteiger partial charge in [0.15, 0.2) is 0 Å². The highest BCUT2D eigenvalue weighted by molar-refractivity contribution is 5.96.